The molecule has 0 atom stereocenters. The lowest BCUT2D eigenvalue weighted by molar-refractivity contribution is 0.0840. The molecule has 5 heteroatoms. The van der Waals surface area contributed by atoms with Gasteiger partial charge in [-0.2, -0.15) is 10.4 Å². The Kier molecular flexibility index (Phi) is 4.13. The first-order valence-corrected chi connectivity index (χ1v) is 9.13. The molecule has 2 rings (SSSR count). The largest absolute Gasteiger partial charge is 0.358 e. The summed E-state index contributed by atoms with van der Waals surface area (Å²) >= 11 is 0. The molecule has 0 N–H and O–H groups in total. The first kappa shape index (κ1) is 13.9. The molecule has 1 aromatic carbocycles. The Balaban J connectivity index is 2.07. The molecule has 0 aliphatic carbocycles. The molecule has 1 aromatic heterocycles. The molecule has 4 nitrogen and oxygen atoms in total. The van der Waals surface area contributed by atoms with Gasteiger partial charge < -0.3 is 4.74 Å². The summed E-state index contributed by atoms with van der Waals surface area (Å²) in [6.07, 6.45) is 6.81. The lowest BCUT2D eigenvalue weighted by Gasteiger charge is -2.24. The van der Waals surface area contributed by atoms with E-state index in [4.69, 9.17) is 10.00 Å². The van der Waals surface area contributed by atoms with Gasteiger partial charge in [0.1, 0.15) is 12.8 Å². The Hall–Kier alpha value is -1.51. The van der Waals surface area contributed by atoms with Crippen molar-refractivity contribution in [1.82, 2.24) is 9.78 Å². The highest BCUT2D eigenvalue weighted by Gasteiger charge is 2.09. The van der Waals surface area contributed by atoms with Crippen molar-refractivity contribution in [3.05, 3.63) is 30.0 Å². The van der Waals surface area contributed by atoms with E-state index in [0.717, 1.165) is 23.3 Å². The minimum Gasteiger partial charge on any atom is -0.358 e. The van der Waals surface area contributed by atoms with Crippen LogP contribution in [0.15, 0.2) is 24.3 Å². The third-order valence-corrected chi connectivity index (χ3v) is 4.21. The Morgan fingerprint density at radius 3 is 2.74 bits per heavy atom. The molecular weight excluding hydrogens is 258 g/mol. The number of fused-ring (bicyclic) bond motifs is 1. The maximum atomic E-state index is 9.06. The molecule has 2 aromatic rings. The van der Waals surface area contributed by atoms with Crippen LogP contribution in [0.1, 0.15) is 5.69 Å². The molecule has 0 spiro atoms. The lowest BCUT2D eigenvalue weighted by Crippen LogP contribution is -2.10. The predicted octanol–water partition coefficient (Wildman–Crippen LogP) is 2.58. The molecule has 0 saturated carbocycles. The van der Waals surface area contributed by atoms with Gasteiger partial charge in [0.2, 0.25) is 0 Å². The maximum absolute atomic E-state index is 9.06. The molecule has 0 aliphatic rings. The van der Waals surface area contributed by atoms with Crippen LogP contribution in [-0.2, 0) is 11.5 Å². The highest BCUT2D eigenvalue weighted by molar-refractivity contribution is 8.32. The molecule has 0 saturated heterocycles. The van der Waals surface area contributed by atoms with Crippen molar-refractivity contribution < 1.29 is 4.74 Å². The molecule has 0 aliphatic heterocycles. The molecule has 1 heterocycles. The number of benzene rings is 1. The number of nitrogens with zero attached hydrogens (tertiary/aromatic N) is 3. The smallest absolute Gasteiger partial charge is 0.170 e. The molecule has 0 bridgehead atoms. The number of hydrogen-bond donors (Lipinski definition) is 0. The van der Waals surface area contributed by atoms with Crippen LogP contribution in [0.4, 0.5) is 0 Å². The van der Waals surface area contributed by atoms with Gasteiger partial charge in [-0.25, -0.2) is 14.7 Å². The zero-order chi connectivity index (χ0) is 13.9. The van der Waals surface area contributed by atoms with E-state index < -0.39 is 10.0 Å². The summed E-state index contributed by atoms with van der Waals surface area (Å²) in [6.45, 7) is 1.13. The Bertz CT molecular complexity index is 607. The Morgan fingerprint density at radius 1 is 1.32 bits per heavy atom. The number of rotatable bonds is 5. The van der Waals surface area contributed by atoms with Gasteiger partial charge in [-0.1, -0.05) is 12.1 Å². The van der Waals surface area contributed by atoms with Crippen LogP contribution in [0.3, 0.4) is 0 Å². The van der Waals surface area contributed by atoms with Crippen LogP contribution in [-0.4, -0.2) is 40.9 Å². The predicted molar refractivity (Wildman–Crippen MR) is 80.6 cm³/mol. The minimum atomic E-state index is -0.528. The second-order valence-electron chi connectivity index (χ2n) is 5.31. The minimum absolute atomic E-state index is 0.401. The first-order valence-electron chi connectivity index (χ1n) is 6.11. The molecule has 102 valence electrons. The average Bonchev–Trinajstić information content (AvgIpc) is 2.72. The fraction of sp³-hybridized carbons (Fsp3) is 0.429. The van der Waals surface area contributed by atoms with Gasteiger partial charge in [0.05, 0.1) is 12.1 Å². The van der Waals surface area contributed by atoms with Crippen LogP contribution in [0.25, 0.3) is 10.9 Å². The van der Waals surface area contributed by atoms with E-state index in [2.05, 4.69) is 29.9 Å². The van der Waals surface area contributed by atoms with Gasteiger partial charge >= 0.3 is 0 Å². The number of ether oxygens (including phenoxy) is 1. The van der Waals surface area contributed by atoms with Crippen molar-refractivity contribution in [3.8, 4) is 6.07 Å². The second-order valence-corrected chi connectivity index (χ2v) is 9.90. The zero-order valence-electron chi connectivity index (χ0n) is 11.6. The molecule has 0 unspecified atom stereocenters. The summed E-state index contributed by atoms with van der Waals surface area (Å²) in [7, 11) is -0.528. The van der Waals surface area contributed by atoms with Crippen LogP contribution < -0.4 is 0 Å². The van der Waals surface area contributed by atoms with Crippen molar-refractivity contribution in [1.29, 1.82) is 5.26 Å². The van der Waals surface area contributed by atoms with Gasteiger partial charge in [0.25, 0.3) is 0 Å². The van der Waals surface area contributed by atoms with Crippen molar-refractivity contribution >= 4 is 20.9 Å². The molecule has 0 amide bonds. The highest BCUT2D eigenvalue weighted by Crippen LogP contribution is 2.33. The number of para-hydroxylation sites is 1. The maximum Gasteiger partial charge on any atom is 0.170 e. The van der Waals surface area contributed by atoms with Gasteiger partial charge in [0.15, 0.2) is 5.69 Å². The summed E-state index contributed by atoms with van der Waals surface area (Å²) in [5.41, 5.74) is 1.41. The molecule has 0 radical (unpaired) electrons. The van der Waals surface area contributed by atoms with Crippen LogP contribution in [0.2, 0.25) is 0 Å². The summed E-state index contributed by atoms with van der Waals surface area (Å²) in [5.74, 6) is 1.08. The normalized spacial score (nSPS) is 12.5. The van der Waals surface area contributed by atoms with E-state index >= 15 is 0 Å². The Morgan fingerprint density at radius 2 is 2.05 bits per heavy atom. The van der Waals surface area contributed by atoms with Gasteiger partial charge in [-0.15, -0.1) is 0 Å². The summed E-state index contributed by atoms with van der Waals surface area (Å²) < 4.78 is 7.43. The van der Waals surface area contributed by atoms with Gasteiger partial charge in [-0.05, 0) is 30.9 Å². The zero-order valence-corrected chi connectivity index (χ0v) is 12.4. The van der Waals surface area contributed by atoms with Crippen LogP contribution >= 0.6 is 10.0 Å². The standard InChI is InChI=1S/C14H19N3OS/c1-19(2,3)9-8-18-11-17-14-7-5-4-6-12(14)13(10-15)16-17/h4-7H,8-9,11H2,1-3H3. The number of nitriles is 1. The van der Waals surface area contributed by atoms with Crippen LogP contribution in [0, 0.1) is 11.3 Å². The summed E-state index contributed by atoms with van der Waals surface area (Å²) in [5, 5.41) is 14.2. The third-order valence-electron chi connectivity index (χ3n) is 2.82. The summed E-state index contributed by atoms with van der Waals surface area (Å²) in [6, 6.07) is 9.86. The van der Waals surface area contributed by atoms with E-state index in [0.29, 0.717) is 12.4 Å². The monoisotopic (exact) mass is 277 g/mol. The molecule has 19 heavy (non-hydrogen) atoms. The molecular formula is C14H19N3OS. The van der Waals surface area contributed by atoms with E-state index in [9.17, 15) is 0 Å². The van der Waals surface area contributed by atoms with E-state index in [1.165, 1.54) is 0 Å². The van der Waals surface area contributed by atoms with Crippen molar-refractivity contribution in [3.63, 3.8) is 0 Å². The van der Waals surface area contributed by atoms with Crippen molar-refractivity contribution in [2.45, 2.75) is 6.73 Å². The van der Waals surface area contributed by atoms with E-state index in [1.54, 1.807) is 4.68 Å². The lowest BCUT2D eigenvalue weighted by atomic mass is 10.2. The highest BCUT2D eigenvalue weighted by atomic mass is 32.3. The topological polar surface area (TPSA) is 50.8 Å². The number of hydrogen-bond acceptors (Lipinski definition) is 3. The van der Waals surface area contributed by atoms with Gasteiger partial charge in [-0.3, -0.25) is 0 Å². The van der Waals surface area contributed by atoms with Crippen molar-refractivity contribution in [2.24, 2.45) is 0 Å². The summed E-state index contributed by atoms with van der Waals surface area (Å²) in [4.78, 5) is 0. The first-order chi connectivity index (χ1) is 9.01. The third kappa shape index (κ3) is 3.49. The van der Waals surface area contributed by atoms with E-state index in [1.807, 2.05) is 24.3 Å². The number of aromatic nitrogens is 2. The van der Waals surface area contributed by atoms with Gasteiger partial charge in [0, 0.05) is 11.1 Å². The van der Waals surface area contributed by atoms with E-state index in [-0.39, 0.29) is 0 Å². The quantitative estimate of drug-likeness (QED) is 0.789. The molecule has 0 fully saturated rings. The fourth-order valence-corrected chi connectivity index (χ4v) is 2.39. The Labute approximate surface area is 115 Å². The van der Waals surface area contributed by atoms with Crippen LogP contribution in [0.5, 0.6) is 0 Å². The average molecular weight is 277 g/mol. The fourth-order valence-electron chi connectivity index (χ4n) is 1.77. The SMILES string of the molecule is CS(C)(C)CCOCn1nc(C#N)c2ccccc21. The van der Waals surface area contributed by atoms with Crippen molar-refractivity contribution in [2.75, 3.05) is 31.1 Å². The second kappa shape index (κ2) is 5.64.